The topological polar surface area (TPSA) is 92.7 Å². The van der Waals surface area contributed by atoms with E-state index in [9.17, 15) is 18.3 Å². The van der Waals surface area contributed by atoms with E-state index < -0.39 is 16.0 Å². The third-order valence-corrected chi connectivity index (χ3v) is 5.18. The van der Waals surface area contributed by atoms with Crippen LogP contribution in [0.5, 0.6) is 5.75 Å². The van der Waals surface area contributed by atoms with E-state index >= 15 is 0 Å². The first kappa shape index (κ1) is 19.8. The summed E-state index contributed by atoms with van der Waals surface area (Å²) < 4.78 is 33.7. The molecule has 0 spiro atoms. The molecule has 0 amide bonds. The molecular formula is C19H23NO5S. The van der Waals surface area contributed by atoms with Crippen LogP contribution in [-0.2, 0) is 10.0 Å². The van der Waals surface area contributed by atoms with Gasteiger partial charge in [0.1, 0.15) is 10.6 Å². The number of aromatic carboxylic acids is 1. The van der Waals surface area contributed by atoms with Gasteiger partial charge in [0.15, 0.2) is 0 Å². The smallest absolute Gasteiger partial charge is 0.337 e. The van der Waals surface area contributed by atoms with Gasteiger partial charge < -0.3 is 9.84 Å². The standard InChI is InChI=1S/C19H23NO5S/c1-3-4-7-12-25-17-11-10-14(2)13-18(17)26(23,24)20-16-9-6-5-8-15(16)19(21)22/h5-6,8-11,13,20H,3-4,7,12H2,1-2H3,(H,21,22). The quantitative estimate of drug-likeness (QED) is 0.643. The van der Waals surface area contributed by atoms with Crippen molar-refractivity contribution in [2.75, 3.05) is 11.3 Å². The van der Waals surface area contributed by atoms with Crippen LogP contribution in [0.3, 0.4) is 0 Å². The monoisotopic (exact) mass is 377 g/mol. The normalized spacial score (nSPS) is 11.2. The second-order valence-corrected chi connectivity index (χ2v) is 7.61. The molecule has 0 aliphatic carbocycles. The Labute approximate surface area is 153 Å². The van der Waals surface area contributed by atoms with Crippen molar-refractivity contribution < 1.29 is 23.1 Å². The Morgan fingerprint density at radius 2 is 1.88 bits per heavy atom. The SMILES string of the molecule is CCCCCOc1ccc(C)cc1S(=O)(=O)Nc1ccccc1C(=O)O. The molecular weight excluding hydrogens is 354 g/mol. The van der Waals surface area contributed by atoms with Crippen LogP contribution in [0.4, 0.5) is 5.69 Å². The first-order chi connectivity index (χ1) is 12.3. The number of aryl methyl sites for hydroxylation is 1. The summed E-state index contributed by atoms with van der Waals surface area (Å²) in [7, 11) is -4.00. The van der Waals surface area contributed by atoms with Crippen LogP contribution in [0.25, 0.3) is 0 Å². The minimum atomic E-state index is -4.00. The zero-order valence-corrected chi connectivity index (χ0v) is 15.7. The number of para-hydroxylation sites is 1. The largest absolute Gasteiger partial charge is 0.492 e. The van der Waals surface area contributed by atoms with Crippen LogP contribution < -0.4 is 9.46 Å². The molecule has 0 saturated heterocycles. The molecule has 0 unspecified atom stereocenters. The molecule has 0 aliphatic heterocycles. The van der Waals surface area contributed by atoms with Crippen molar-refractivity contribution in [1.82, 2.24) is 0 Å². The Kier molecular flexibility index (Phi) is 6.63. The van der Waals surface area contributed by atoms with Gasteiger partial charge in [-0.15, -0.1) is 0 Å². The molecule has 0 atom stereocenters. The predicted octanol–water partition coefficient (Wildman–Crippen LogP) is 4.06. The van der Waals surface area contributed by atoms with E-state index in [-0.39, 0.29) is 21.9 Å². The molecule has 26 heavy (non-hydrogen) atoms. The maximum absolute atomic E-state index is 12.9. The summed E-state index contributed by atoms with van der Waals surface area (Å²) in [6.45, 7) is 4.28. The Hall–Kier alpha value is -2.54. The van der Waals surface area contributed by atoms with Gasteiger partial charge in [-0.1, -0.05) is 38.0 Å². The molecule has 0 saturated carbocycles. The maximum Gasteiger partial charge on any atom is 0.337 e. The molecule has 2 aromatic rings. The van der Waals surface area contributed by atoms with Gasteiger partial charge in [-0.3, -0.25) is 4.72 Å². The highest BCUT2D eigenvalue weighted by atomic mass is 32.2. The van der Waals surface area contributed by atoms with Crippen LogP contribution >= 0.6 is 0 Å². The number of ether oxygens (including phenoxy) is 1. The van der Waals surface area contributed by atoms with Gasteiger partial charge >= 0.3 is 5.97 Å². The number of hydrogen-bond acceptors (Lipinski definition) is 4. The van der Waals surface area contributed by atoms with E-state index in [1.807, 2.05) is 0 Å². The molecule has 140 valence electrons. The van der Waals surface area contributed by atoms with E-state index in [0.717, 1.165) is 24.8 Å². The van der Waals surface area contributed by atoms with Gasteiger partial charge in [0.25, 0.3) is 10.0 Å². The van der Waals surface area contributed by atoms with Gasteiger partial charge in [0.05, 0.1) is 17.9 Å². The van der Waals surface area contributed by atoms with Crippen LogP contribution in [0, 0.1) is 6.92 Å². The molecule has 0 heterocycles. The van der Waals surface area contributed by atoms with E-state index in [1.54, 1.807) is 25.1 Å². The molecule has 2 N–H and O–H groups in total. The average molecular weight is 377 g/mol. The number of anilines is 1. The van der Waals surface area contributed by atoms with Gasteiger partial charge in [0, 0.05) is 0 Å². The minimum absolute atomic E-state index is 0.00538. The lowest BCUT2D eigenvalue weighted by molar-refractivity contribution is 0.0698. The van der Waals surface area contributed by atoms with E-state index in [0.29, 0.717) is 6.61 Å². The number of carboxylic acid groups (broad SMARTS) is 1. The lowest BCUT2D eigenvalue weighted by Gasteiger charge is -2.15. The molecule has 0 radical (unpaired) electrons. The van der Waals surface area contributed by atoms with Crippen molar-refractivity contribution in [2.45, 2.75) is 38.0 Å². The number of carbonyl (C=O) groups is 1. The zero-order valence-electron chi connectivity index (χ0n) is 14.9. The predicted molar refractivity (Wildman–Crippen MR) is 100 cm³/mol. The molecule has 0 aromatic heterocycles. The third-order valence-electron chi connectivity index (χ3n) is 3.80. The van der Waals surface area contributed by atoms with Gasteiger partial charge in [-0.25, -0.2) is 13.2 Å². The summed E-state index contributed by atoms with van der Waals surface area (Å²) in [4.78, 5) is 11.3. The van der Waals surface area contributed by atoms with Crippen molar-refractivity contribution in [3.05, 3.63) is 53.6 Å². The highest BCUT2D eigenvalue weighted by molar-refractivity contribution is 7.92. The van der Waals surface area contributed by atoms with Gasteiger partial charge in [-0.2, -0.15) is 0 Å². The van der Waals surface area contributed by atoms with Crippen molar-refractivity contribution in [1.29, 1.82) is 0 Å². The molecule has 2 aromatic carbocycles. The van der Waals surface area contributed by atoms with Crippen LogP contribution in [0.1, 0.15) is 42.1 Å². The van der Waals surface area contributed by atoms with Crippen molar-refractivity contribution in [3.63, 3.8) is 0 Å². The number of benzene rings is 2. The maximum atomic E-state index is 12.9. The first-order valence-corrected chi connectivity index (χ1v) is 9.92. The lowest BCUT2D eigenvalue weighted by atomic mass is 10.2. The second kappa shape index (κ2) is 8.71. The number of unbranched alkanes of at least 4 members (excludes halogenated alkanes) is 2. The number of sulfonamides is 1. The van der Waals surface area contributed by atoms with E-state index in [4.69, 9.17) is 4.74 Å². The summed E-state index contributed by atoms with van der Waals surface area (Å²) in [5.74, 6) is -0.949. The molecule has 7 heteroatoms. The molecule has 2 rings (SSSR count). The fourth-order valence-electron chi connectivity index (χ4n) is 2.44. The summed E-state index contributed by atoms with van der Waals surface area (Å²) in [5, 5.41) is 9.24. The zero-order chi connectivity index (χ0) is 19.2. The summed E-state index contributed by atoms with van der Waals surface area (Å²) in [5.41, 5.74) is 0.658. The fourth-order valence-corrected chi connectivity index (χ4v) is 3.75. The highest BCUT2D eigenvalue weighted by Gasteiger charge is 2.22. The Morgan fingerprint density at radius 1 is 1.15 bits per heavy atom. The number of hydrogen-bond donors (Lipinski definition) is 2. The summed E-state index contributed by atoms with van der Waals surface area (Å²) >= 11 is 0. The molecule has 0 bridgehead atoms. The highest BCUT2D eigenvalue weighted by Crippen LogP contribution is 2.28. The molecule has 0 aliphatic rings. The summed E-state index contributed by atoms with van der Waals surface area (Å²) in [6.07, 6.45) is 2.87. The fraction of sp³-hybridized carbons (Fsp3) is 0.316. The van der Waals surface area contributed by atoms with Crippen LogP contribution in [-0.4, -0.2) is 26.1 Å². The Balaban J connectivity index is 2.34. The minimum Gasteiger partial charge on any atom is -0.492 e. The van der Waals surface area contributed by atoms with E-state index in [1.165, 1.54) is 24.3 Å². The average Bonchev–Trinajstić information content (AvgIpc) is 2.59. The molecule has 6 nitrogen and oxygen atoms in total. The summed E-state index contributed by atoms with van der Waals surface area (Å²) in [6, 6.07) is 10.8. The Morgan fingerprint density at radius 3 is 2.58 bits per heavy atom. The molecule has 0 fully saturated rings. The number of nitrogens with one attached hydrogen (secondary N) is 1. The van der Waals surface area contributed by atoms with Gasteiger partial charge in [0.2, 0.25) is 0 Å². The third kappa shape index (κ3) is 4.98. The van der Waals surface area contributed by atoms with Gasteiger partial charge in [-0.05, 0) is 43.2 Å². The number of carboxylic acids is 1. The van der Waals surface area contributed by atoms with Crippen molar-refractivity contribution in [2.24, 2.45) is 0 Å². The van der Waals surface area contributed by atoms with Crippen LogP contribution in [0.2, 0.25) is 0 Å². The number of rotatable bonds is 9. The van der Waals surface area contributed by atoms with Crippen molar-refractivity contribution >= 4 is 21.7 Å². The van der Waals surface area contributed by atoms with E-state index in [2.05, 4.69) is 11.6 Å². The van der Waals surface area contributed by atoms with Crippen molar-refractivity contribution in [3.8, 4) is 5.75 Å². The van der Waals surface area contributed by atoms with Crippen LogP contribution in [0.15, 0.2) is 47.4 Å². The lowest BCUT2D eigenvalue weighted by Crippen LogP contribution is -2.17. The second-order valence-electron chi connectivity index (χ2n) is 5.96. The first-order valence-electron chi connectivity index (χ1n) is 8.43. The Bertz CT molecular complexity index is 877.